The molecule has 5 nitrogen and oxygen atoms in total. The Labute approximate surface area is 162 Å². The van der Waals surface area contributed by atoms with Gasteiger partial charge in [-0.1, -0.05) is 20.8 Å². The van der Waals surface area contributed by atoms with Crippen molar-refractivity contribution in [2.24, 2.45) is 5.41 Å². The monoisotopic (exact) mass is 376 g/mol. The van der Waals surface area contributed by atoms with Gasteiger partial charge in [0.1, 0.15) is 0 Å². The average molecular weight is 377 g/mol. The van der Waals surface area contributed by atoms with Crippen LogP contribution in [0.1, 0.15) is 67.2 Å². The molecule has 0 aromatic rings. The third-order valence-corrected chi connectivity index (χ3v) is 3.24. The van der Waals surface area contributed by atoms with Crippen LogP contribution in [0.5, 0.6) is 0 Å². The second kappa shape index (κ2) is 15.8. The summed E-state index contributed by atoms with van der Waals surface area (Å²) in [6.45, 7) is 19.6. The molecule has 0 aromatic carbocycles. The lowest BCUT2D eigenvalue weighted by atomic mass is 9.99. The topological polar surface area (TPSA) is 46.2 Å². The quantitative estimate of drug-likeness (QED) is 0.350. The molecule has 0 fully saturated rings. The molecule has 158 valence electrons. The highest BCUT2D eigenvalue weighted by Gasteiger charge is 2.09. The summed E-state index contributed by atoms with van der Waals surface area (Å²) in [5.74, 6) is 0. The van der Waals surface area contributed by atoms with Gasteiger partial charge in [-0.05, 0) is 51.9 Å². The highest BCUT2D eigenvalue weighted by Crippen LogP contribution is 2.12. The summed E-state index contributed by atoms with van der Waals surface area (Å²) in [5, 5.41) is 0. The molecule has 0 bridgehead atoms. The van der Waals surface area contributed by atoms with Crippen LogP contribution in [0.2, 0.25) is 0 Å². The molecule has 0 heterocycles. The fourth-order valence-corrected chi connectivity index (χ4v) is 2.01. The zero-order valence-electron chi connectivity index (χ0n) is 18.2. The van der Waals surface area contributed by atoms with Gasteiger partial charge < -0.3 is 23.7 Å². The van der Waals surface area contributed by atoms with Gasteiger partial charge in [0.25, 0.3) is 0 Å². The maximum absolute atomic E-state index is 5.64. The fraction of sp³-hybridized carbons (Fsp3) is 1.00. The average Bonchev–Trinajstić information content (AvgIpc) is 2.51. The van der Waals surface area contributed by atoms with E-state index in [1.807, 2.05) is 0 Å². The molecule has 0 rings (SSSR count). The number of rotatable bonds is 17. The van der Waals surface area contributed by atoms with Gasteiger partial charge in [0.05, 0.1) is 12.2 Å². The van der Waals surface area contributed by atoms with Crippen molar-refractivity contribution in [3.05, 3.63) is 0 Å². The molecule has 0 spiro atoms. The summed E-state index contributed by atoms with van der Waals surface area (Å²) in [7, 11) is 0. The first kappa shape index (κ1) is 25.8. The van der Waals surface area contributed by atoms with Crippen molar-refractivity contribution in [1.82, 2.24) is 0 Å². The van der Waals surface area contributed by atoms with Crippen LogP contribution < -0.4 is 0 Å². The highest BCUT2D eigenvalue weighted by molar-refractivity contribution is 4.59. The second-order valence-corrected chi connectivity index (χ2v) is 8.83. The zero-order valence-corrected chi connectivity index (χ0v) is 18.2. The van der Waals surface area contributed by atoms with Crippen molar-refractivity contribution in [3.8, 4) is 0 Å². The van der Waals surface area contributed by atoms with E-state index in [-0.39, 0.29) is 11.0 Å². The highest BCUT2D eigenvalue weighted by atomic mass is 16.5. The Hall–Kier alpha value is -0.200. The SMILES string of the molecule is CC(C)(C)COCCCOCCCOCCCOCCCOC(C)(C)C. The maximum atomic E-state index is 5.64. The Balaban J connectivity index is 3.07. The Morgan fingerprint density at radius 3 is 1.15 bits per heavy atom. The van der Waals surface area contributed by atoms with E-state index < -0.39 is 0 Å². The first-order valence-corrected chi connectivity index (χ1v) is 10.2. The van der Waals surface area contributed by atoms with E-state index in [0.29, 0.717) is 0 Å². The summed E-state index contributed by atoms with van der Waals surface area (Å²) in [6, 6.07) is 0. The minimum atomic E-state index is -0.0580. The first-order chi connectivity index (χ1) is 12.2. The Kier molecular flexibility index (Phi) is 15.7. The fourth-order valence-electron chi connectivity index (χ4n) is 2.01. The van der Waals surface area contributed by atoms with Crippen LogP contribution in [0.15, 0.2) is 0 Å². The third-order valence-electron chi connectivity index (χ3n) is 3.24. The first-order valence-electron chi connectivity index (χ1n) is 10.2. The van der Waals surface area contributed by atoms with Gasteiger partial charge in [0.2, 0.25) is 0 Å². The number of hydrogen-bond acceptors (Lipinski definition) is 5. The van der Waals surface area contributed by atoms with E-state index in [9.17, 15) is 0 Å². The maximum Gasteiger partial charge on any atom is 0.0598 e. The molecule has 0 aliphatic carbocycles. The summed E-state index contributed by atoms with van der Waals surface area (Å²) < 4.78 is 28.0. The molecule has 26 heavy (non-hydrogen) atoms. The van der Waals surface area contributed by atoms with E-state index in [1.165, 1.54) is 0 Å². The molecule has 0 radical (unpaired) electrons. The molecule has 0 atom stereocenters. The smallest absolute Gasteiger partial charge is 0.0598 e. The van der Waals surface area contributed by atoms with E-state index in [4.69, 9.17) is 23.7 Å². The Morgan fingerprint density at radius 2 is 0.808 bits per heavy atom. The molecule has 0 amide bonds. The Bertz CT molecular complexity index is 264. The summed E-state index contributed by atoms with van der Waals surface area (Å²) >= 11 is 0. The van der Waals surface area contributed by atoms with Crippen LogP contribution in [0, 0.1) is 5.41 Å². The molecule has 0 aromatic heterocycles. The van der Waals surface area contributed by atoms with Crippen molar-refractivity contribution in [2.75, 3.05) is 59.5 Å². The number of hydrogen-bond donors (Lipinski definition) is 0. The van der Waals surface area contributed by atoms with E-state index in [2.05, 4.69) is 41.5 Å². The van der Waals surface area contributed by atoms with Crippen LogP contribution in [-0.4, -0.2) is 65.1 Å². The van der Waals surface area contributed by atoms with E-state index in [0.717, 1.165) is 85.1 Å². The van der Waals surface area contributed by atoms with Crippen molar-refractivity contribution in [1.29, 1.82) is 0 Å². The molecule has 0 unspecified atom stereocenters. The lowest BCUT2D eigenvalue weighted by Gasteiger charge is -2.19. The van der Waals surface area contributed by atoms with Crippen LogP contribution in [0.3, 0.4) is 0 Å². The van der Waals surface area contributed by atoms with Crippen molar-refractivity contribution in [3.63, 3.8) is 0 Å². The largest absolute Gasteiger partial charge is 0.381 e. The zero-order chi connectivity index (χ0) is 19.7. The molecule has 5 heteroatoms. The lowest BCUT2D eigenvalue weighted by molar-refractivity contribution is -0.0150. The van der Waals surface area contributed by atoms with Crippen molar-refractivity contribution in [2.45, 2.75) is 72.8 Å². The molecule has 0 saturated heterocycles. The molecule has 0 aliphatic rings. The molecule has 0 saturated carbocycles. The molecular formula is C21H44O5. The molecular weight excluding hydrogens is 332 g/mol. The predicted molar refractivity (Wildman–Crippen MR) is 107 cm³/mol. The van der Waals surface area contributed by atoms with Crippen LogP contribution in [0.25, 0.3) is 0 Å². The van der Waals surface area contributed by atoms with Crippen molar-refractivity contribution < 1.29 is 23.7 Å². The second-order valence-electron chi connectivity index (χ2n) is 8.83. The Morgan fingerprint density at radius 1 is 0.462 bits per heavy atom. The normalized spacial score (nSPS) is 12.7. The molecule has 0 aliphatic heterocycles. The minimum Gasteiger partial charge on any atom is -0.381 e. The predicted octanol–water partition coefficient (Wildman–Crippen LogP) is 4.47. The van der Waals surface area contributed by atoms with E-state index in [1.54, 1.807) is 0 Å². The summed E-state index contributed by atoms with van der Waals surface area (Å²) in [6.07, 6.45) is 3.77. The van der Waals surface area contributed by atoms with Crippen molar-refractivity contribution >= 4 is 0 Å². The standard InChI is InChI=1S/C21H44O5/c1-20(2,3)19-25-17-9-15-23-13-7-11-22-12-8-14-24-16-10-18-26-21(4,5)6/h7-19H2,1-6H3. The van der Waals surface area contributed by atoms with E-state index >= 15 is 0 Å². The van der Waals surface area contributed by atoms with Gasteiger partial charge in [-0.2, -0.15) is 0 Å². The van der Waals surface area contributed by atoms with Gasteiger partial charge in [0, 0.05) is 52.9 Å². The van der Waals surface area contributed by atoms with Gasteiger partial charge in [-0.3, -0.25) is 0 Å². The van der Waals surface area contributed by atoms with Gasteiger partial charge >= 0.3 is 0 Å². The third kappa shape index (κ3) is 23.8. The van der Waals surface area contributed by atoms with Gasteiger partial charge in [0.15, 0.2) is 0 Å². The van der Waals surface area contributed by atoms with Crippen LogP contribution in [0.4, 0.5) is 0 Å². The summed E-state index contributed by atoms with van der Waals surface area (Å²) in [4.78, 5) is 0. The van der Waals surface area contributed by atoms with Gasteiger partial charge in [-0.25, -0.2) is 0 Å². The minimum absolute atomic E-state index is 0.0580. The number of ether oxygens (including phenoxy) is 5. The van der Waals surface area contributed by atoms with Crippen LogP contribution >= 0.6 is 0 Å². The molecule has 0 N–H and O–H groups in total. The summed E-state index contributed by atoms with van der Waals surface area (Å²) in [5.41, 5.74) is 0.182. The lowest BCUT2D eigenvalue weighted by Crippen LogP contribution is -2.20. The van der Waals surface area contributed by atoms with Gasteiger partial charge in [-0.15, -0.1) is 0 Å². The van der Waals surface area contributed by atoms with Crippen LogP contribution in [-0.2, 0) is 23.7 Å².